The number of rotatable bonds is 11. The molecular formula is C33H35Cl2N5O3S. The van der Waals surface area contributed by atoms with E-state index in [1.54, 1.807) is 28.6 Å². The fourth-order valence-corrected chi connectivity index (χ4v) is 6.15. The molecule has 0 spiro atoms. The van der Waals surface area contributed by atoms with E-state index in [-0.39, 0.29) is 12.5 Å². The van der Waals surface area contributed by atoms with Crippen molar-refractivity contribution >= 4 is 52.5 Å². The minimum absolute atomic E-state index is 0.230. The topological polar surface area (TPSA) is 90.3 Å². The number of hydrogen-bond acceptors (Lipinski definition) is 7. The standard InChI is InChI=1S/C33H35Cl2N5O3S/c1-6-14-44-33-38-32-36-21(5)29(31(41)37-26-12-8-19(3)15-20(26)4)30(40(32)39-33)22-10-13-27(28(16-22)42-7-2)43-18-23-9-11-24(34)17-25(23)35/h8-13,15-17,30H,6-7,14,18H2,1-5H3,(H,37,41)(H,36,38,39). The van der Waals surface area contributed by atoms with Crippen molar-refractivity contribution in [1.29, 1.82) is 0 Å². The maximum atomic E-state index is 14.0. The molecule has 8 nitrogen and oxygen atoms in total. The summed E-state index contributed by atoms with van der Waals surface area (Å²) in [4.78, 5) is 18.8. The highest BCUT2D eigenvalue weighted by Gasteiger charge is 2.35. The molecule has 230 valence electrons. The van der Waals surface area contributed by atoms with Crippen LogP contribution in [0, 0.1) is 13.8 Å². The third-order valence-electron chi connectivity index (χ3n) is 7.12. The molecule has 0 bridgehead atoms. The first-order chi connectivity index (χ1) is 21.2. The lowest BCUT2D eigenvalue weighted by Crippen LogP contribution is -2.31. The minimum atomic E-state index is -0.570. The molecule has 1 aromatic heterocycles. The summed E-state index contributed by atoms with van der Waals surface area (Å²) in [6, 6.07) is 16.4. The fourth-order valence-electron chi connectivity index (χ4n) is 5.01. The van der Waals surface area contributed by atoms with Crippen molar-refractivity contribution in [2.24, 2.45) is 0 Å². The molecule has 0 saturated heterocycles. The van der Waals surface area contributed by atoms with Crippen LogP contribution in [0.15, 0.2) is 71.0 Å². The Labute approximate surface area is 272 Å². The monoisotopic (exact) mass is 651 g/mol. The second kappa shape index (κ2) is 14.0. The number of nitrogens with zero attached hydrogens (tertiary/aromatic N) is 3. The second-order valence-corrected chi connectivity index (χ2v) is 12.4. The maximum Gasteiger partial charge on any atom is 0.255 e. The second-order valence-electron chi connectivity index (χ2n) is 10.5. The van der Waals surface area contributed by atoms with Gasteiger partial charge in [0.2, 0.25) is 11.1 Å². The molecule has 44 heavy (non-hydrogen) atoms. The number of anilines is 2. The smallest absolute Gasteiger partial charge is 0.255 e. The number of ether oxygens (including phenoxy) is 2. The first-order valence-electron chi connectivity index (χ1n) is 14.5. The Kier molecular flexibility index (Phi) is 10.1. The van der Waals surface area contributed by atoms with Crippen molar-refractivity contribution in [3.63, 3.8) is 0 Å². The number of nitrogens with one attached hydrogen (secondary N) is 2. The Morgan fingerprint density at radius 3 is 2.57 bits per heavy atom. The van der Waals surface area contributed by atoms with Gasteiger partial charge in [-0.25, -0.2) is 4.68 Å². The van der Waals surface area contributed by atoms with Crippen LogP contribution in [0.5, 0.6) is 11.5 Å². The van der Waals surface area contributed by atoms with Gasteiger partial charge in [-0.15, -0.1) is 5.10 Å². The van der Waals surface area contributed by atoms with Crippen molar-refractivity contribution in [2.45, 2.75) is 58.8 Å². The van der Waals surface area contributed by atoms with Gasteiger partial charge in [-0.05, 0) is 75.6 Å². The summed E-state index contributed by atoms with van der Waals surface area (Å²) in [6.45, 7) is 10.6. The average Bonchev–Trinajstić information content (AvgIpc) is 3.39. The molecule has 4 aromatic rings. The van der Waals surface area contributed by atoms with Crippen LogP contribution in [-0.4, -0.2) is 33.0 Å². The molecule has 5 rings (SSSR count). The van der Waals surface area contributed by atoms with E-state index in [2.05, 4.69) is 17.6 Å². The van der Waals surface area contributed by atoms with Gasteiger partial charge in [0.15, 0.2) is 11.5 Å². The van der Waals surface area contributed by atoms with E-state index in [4.69, 9.17) is 42.8 Å². The number of amides is 1. The molecule has 1 aliphatic heterocycles. The molecule has 0 aliphatic carbocycles. The Bertz CT molecular complexity index is 1720. The molecule has 0 fully saturated rings. The van der Waals surface area contributed by atoms with E-state index in [0.29, 0.717) is 50.5 Å². The molecule has 2 N–H and O–H groups in total. The first-order valence-corrected chi connectivity index (χ1v) is 16.2. The van der Waals surface area contributed by atoms with Gasteiger partial charge >= 0.3 is 0 Å². The number of hydrogen-bond donors (Lipinski definition) is 2. The largest absolute Gasteiger partial charge is 0.490 e. The Morgan fingerprint density at radius 1 is 1.02 bits per heavy atom. The lowest BCUT2D eigenvalue weighted by atomic mass is 9.94. The number of halogens is 2. The Balaban J connectivity index is 1.53. The SMILES string of the molecule is CCCSc1nc2n(n1)C(c1ccc(OCc3ccc(Cl)cc3Cl)c(OCC)c1)C(C(=O)Nc1ccc(C)cc1C)=C(C)N2. The molecule has 11 heteroatoms. The van der Waals surface area contributed by atoms with E-state index >= 15 is 0 Å². The van der Waals surface area contributed by atoms with E-state index in [0.717, 1.165) is 40.1 Å². The number of aryl methyl sites for hydroxylation is 2. The van der Waals surface area contributed by atoms with Crippen molar-refractivity contribution in [2.75, 3.05) is 23.0 Å². The van der Waals surface area contributed by atoms with Crippen molar-refractivity contribution in [3.05, 3.63) is 98.2 Å². The highest BCUT2D eigenvalue weighted by molar-refractivity contribution is 7.99. The lowest BCUT2D eigenvalue weighted by molar-refractivity contribution is -0.113. The van der Waals surface area contributed by atoms with Gasteiger partial charge in [-0.3, -0.25) is 4.79 Å². The van der Waals surface area contributed by atoms with Gasteiger partial charge in [0.1, 0.15) is 12.6 Å². The first kappa shape index (κ1) is 31.8. The number of thioether (sulfide) groups is 1. The van der Waals surface area contributed by atoms with Crippen LogP contribution >= 0.6 is 35.0 Å². The van der Waals surface area contributed by atoms with Gasteiger partial charge < -0.3 is 20.1 Å². The molecular weight excluding hydrogens is 617 g/mol. The average molecular weight is 653 g/mol. The van der Waals surface area contributed by atoms with Gasteiger partial charge in [0.25, 0.3) is 5.91 Å². The Hall–Kier alpha value is -3.66. The number of carbonyl (C=O) groups is 1. The van der Waals surface area contributed by atoms with Gasteiger partial charge in [0.05, 0.1) is 12.2 Å². The highest BCUT2D eigenvalue weighted by Crippen LogP contribution is 2.40. The molecule has 1 unspecified atom stereocenters. The van der Waals surface area contributed by atoms with Gasteiger partial charge in [-0.2, -0.15) is 4.98 Å². The third kappa shape index (κ3) is 7.01. The van der Waals surface area contributed by atoms with Crippen LogP contribution in [0.1, 0.15) is 55.5 Å². The van der Waals surface area contributed by atoms with Gasteiger partial charge in [-0.1, -0.05) is 71.7 Å². The molecule has 1 amide bonds. The maximum absolute atomic E-state index is 14.0. The number of allylic oxidation sites excluding steroid dienone is 1. The van der Waals surface area contributed by atoms with Crippen LogP contribution in [0.25, 0.3) is 0 Å². The summed E-state index contributed by atoms with van der Waals surface area (Å²) in [5.74, 6) is 2.33. The van der Waals surface area contributed by atoms with E-state index in [1.165, 1.54) is 0 Å². The van der Waals surface area contributed by atoms with Gasteiger partial charge in [0, 0.05) is 32.7 Å². The van der Waals surface area contributed by atoms with Crippen molar-refractivity contribution in [1.82, 2.24) is 14.8 Å². The van der Waals surface area contributed by atoms with Crippen molar-refractivity contribution < 1.29 is 14.3 Å². The van der Waals surface area contributed by atoms with Crippen LogP contribution in [0.4, 0.5) is 11.6 Å². The van der Waals surface area contributed by atoms with Crippen molar-refractivity contribution in [3.8, 4) is 11.5 Å². The summed E-state index contributed by atoms with van der Waals surface area (Å²) in [7, 11) is 0. The number of fused-ring (bicyclic) bond motifs is 1. The highest BCUT2D eigenvalue weighted by atomic mass is 35.5. The zero-order valence-corrected chi connectivity index (χ0v) is 27.7. The summed E-state index contributed by atoms with van der Waals surface area (Å²) in [6.07, 6.45) is 0.993. The molecule has 0 saturated carbocycles. The summed E-state index contributed by atoms with van der Waals surface area (Å²) in [5, 5.41) is 13.0. The molecule has 0 radical (unpaired) electrons. The molecule has 1 atom stereocenters. The van der Waals surface area contributed by atoms with Crippen LogP contribution in [0.2, 0.25) is 10.0 Å². The predicted octanol–water partition coefficient (Wildman–Crippen LogP) is 8.61. The number of carbonyl (C=O) groups excluding carboxylic acids is 1. The van der Waals surface area contributed by atoms with Crippen LogP contribution in [0.3, 0.4) is 0 Å². The fraction of sp³-hybridized carbons (Fsp3) is 0.303. The number of benzene rings is 3. The summed E-state index contributed by atoms with van der Waals surface area (Å²) in [5.41, 5.74) is 5.68. The van der Waals surface area contributed by atoms with Crippen LogP contribution in [-0.2, 0) is 11.4 Å². The molecule has 1 aliphatic rings. The zero-order chi connectivity index (χ0) is 31.4. The predicted molar refractivity (Wildman–Crippen MR) is 178 cm³/mol. The normalized spacial score (nSPS) is 14.2. The minimum Gasteiger partial charge on any atom is -0.490 e. The third-order valence-corrected chi connectivity index (χ3v) is 8.76. The van der Waals surface area contributed by atoms with E-state index in [1.807, 2.05) is 70.2 Å². The Morgan fingerprint density at radius 2 is 1.84 bits per heavy atom. The number of aromatic nitrogens is 3. The lowest BCUT2D eigenvalue weighted by Gasteiger charge is -2.29. The van der Waals surface area contributed by atoms with E-state index in [9.17, 15) is 4.79 Å². The zero-order valence-electron chi connectivity index (χ0n) is 25.3. The van der Waals surface area contributed by atoms with E-state index < -0.39 is 6.04 Å². The van der Waals surface area contributed by atoms with Crippen LogP contribution < -0.4 is 20.1 Å². The molecule has 2 heterocycles. The summed E-state index contributed by atoms with van der Waals surface area (Å²) < 4.78 is 14.0. The molecule has 3 aromatic carbocycles. The summed E-state index contributed by atoms with van der Waals surface area (Å²) >= 11 is 14.0. The quantitative estimate of drug-likeness (QED) is 0.157.